The minimum Gasteiger partial charge on any atom is -0.495 e. The fraction of sp³-hybridized carbons (Fsp3) is 0.200. The second kappa shape index (κ2) is 6.39. The van der Waals surface area contributed by atoms with Crippen molar-refractivity contribution < 1.29 is 9.47 Å². The lowest BCUT2D eigenvalue weighted by Gasteiger charge is -2.14. The normalized spacial score (nSPS) is 10.2. The van der Waals surface area contributed by atoms with E-state index in [1.807, 2.05) is 31.2 Å². The Hall–Kier alpha value is -2.07. The number of benzene rings is 2. The van der Waals surface area contributed by atoms with Crippen molar-refractivity contribution in [3.05, 3.63) is 41.4 Å². The van der Waals surface area contributed by atoms with Crippen molar-refractivity contribution in [2.45, 2.75) is 6.92 Å². The van der Waals surface area contributed by atoms with E-state index in [4.69, 9.17) is 26.8 Å². The van der Waals surface area contributed by atoms with Gasteiger partial charge < -0.3 is 20.5 Å². The summed E-state index contributed by atoms with van der Waals surface area (Å²) in [5.74, 6) is 1.30. The molecule has 2 aromatic rings. The van der Waals surface area contributed by atoms with Crippen LogP contribution >= 0.6 is 11.6 Å². The average Bonchev–Trinajstić information content (AvgIpc) is 2.44. The first-order chi connectivity index (χ1) is 9.65. The zero-order chi connectivity index (χ0) is 14.5. The molecule has 0 saturated heterocycles. The van der Waals surface area contributed by atoms with Crippen molar-refractivity contribution in [3.8, 4) is 11.5 Å². The van der Waals surface area contributed by atoms with E-state index in [1.54, 1.807) is 19.2 Å². The minimum atomic E-state index is 0.539. The van der Waals surface area contributed by atoms with Crippen molar-refractivity contribution in [1.82, 2.24) is 0 Å². The molecule has 0 fully saturated rings. The fourth-order valence-corrected chi connectivity index (χ4v) is 2.09. The molecule has 0 heterocycles. The predicted octanol–water partition coefficient (Wildman–Crippen LogP) is 4.07. The fourth-order valence-electron chi connectivity index (χ4n) is 1.83. The van der Waals surface area contributed by atoms with E-state index in [-0.39, 0.29) is 0 Å². The zero-order valence-corrected chi connectivity index (χ0v) is 12.2. The highest BCUT2D eigenvalue weighted by molar-refractivity contribution is 6.32. The lowest BCUT2D eigenvalue weighted by Crippen LogP contribution is -2.01. The maximum atomic E-state index is 6.10. The van der Waals surface area contributed by atoms with E-state index in [0.717, 1.165) is 11.4 Å². The van der Waals surface area contributed by atoms with Crippen molar-refractivity contribution in [2.24, 2.45) is 0 Å². The van der Waals surface area contributed by atoms with Crippen molar-refractivity contribution >= 4 is 28.7 Å². The van der Waals surface area contributed by atoms with Gasteiger partial charge in [0.25, 0.3) is 0 Å². The average molecular weight is 293 g/mol. The van der Waals surface area contributed by atoms with Crippen LogP contribution in [-0.2, 0) is 0 Å². The van der Waals surface area contributed by atoms with E-state index in [0.29, 0.717) is 28.8 Å². The summed E-state index contributed by atoms with van der Waals surface area (Å²) in [6.07, 6.45) is 0. The molecule has 2 aromatic carbocycles. The molecule has 0 radical (unpaired) electrons. The molecule has 20 heavy (non-hydrogen) atoms. The number of methoxy groups -OCH3 is 1. The van der Waals surface area contributed by atoms with Crippen LogP contribution in [0.2, 0.25) is 5.02 Å². The number of nitrogens with two attached hydrogens (primary N) is 1. The molecule has 0 atom stereocenters. The predicted molar refractivity (Wildman–Crippen MR) is 83.3 cm³/mol. The highest BCUT2D eigenvalue weighted by atomic mass is 35.5. The quantitative estimate of drug-likeness (QED) is 0.816. The molecule has 0 amide bonds. The Balaban J connectivity index is 2.26. The SMILES string of the molecule is CCOc1cccc(Nc2ccc(OC)c(Cl)c2)c1N. The summed E-state index contributed by atoms with van der Waals surface area (Å²) in [5, 5.41) is 3.76. The van der Waals surface area contributed by atoms with Crippen molar-refractivity contribution in [1.29, 1.82) is 0 Å². The number of nitrogens with one attached hydrogen (secondary N) is 1. The topological polar surface area (TPSA) is 56.5 Å². The Bertz CT molecular complexity index is 602. The Labute approximate surface area is 123 Å². The second-order valence-corrected chi connectivity index (χ2v) is 4.53. The summed E-state index contributed by atoms with van der Waals surface area (Å²) in [4.78, 5) is 0. The van der Waals surface area contributed by atoms with Crippen LogP contribution < -0.4 is 20.5 Å². The summed E-state index contributed by atoms with van der Waals surface area (Å²) < 4.78 is 10.6. The minimum absolute atomic E-state index is 0.539. The summed E-state index contributed by atoms with van der Waals surface area (Å²) in [7, 11) is 1.58. The van der Waals surface area contributed by atoms with Gasteiger partial charge in [-0.3, -0.25) is 0 Å². The molecule has 0 saturated carbocycles. The van der Waals surface area contributed by atoms with E-state index in [2.05, 4.69) is 5.32 Å². The lowest BCUT2D eigenvalue weighted by molar-refractivity contribution is 0.342. The number of rotatable bonds is 5. The Morgan fingerprint density at radius 1 is 1.20 bits per heavy atom. The Kier molecular flexibility index (Phi) is 4.58. The first kappa shape index (κ1) is 14.3. The van der Waals surface area contributed by atoms with E-state index < -0.39 is 0 Å². The molecule has 0 aliphatic carbocycles. The molecular formula is C15H17ClN2O2. The van der Waals surface area contributed by atoms with Gasteiger partial charge in [-0.1, -0.05) is 17.7 Å². The zero-order valence-electron chi connectivity index (χ0n) is 11.4. The van der Waals surface area contributed by atoms with E-state index >= 15 is 0 Å². The van der Waals surface area contributed by atoms with Crippen LogP contribution in [0.3, 0.4) is 0 Å². The van der Waals surface area contributed by atoms with Crippen LogP contribution in [0.1, 0.15) is 6.92 Å². The van der Waals surface area contributed by atoms with Gasteiger partial charge in [-0.25, -0.2) is 0 Å². The van der Waals surface area contributed by atoms with Crippen LogP contribution in [0.25, 0.3) is 0 Å². The van der Waals surface area contributed by atoms with Gasteiger partial charge in [0.1, 0.15) is 11.5 Å². The van der Waals surface area contributed by atoms with Crippen LogP contribution in [0.4, 0.5) is 17.1 Å². The van der Waals surface area contributed by atoms with Crippen molar-refractivity contribution in [2.75, 3.05) is 24.8 Å². The molecule has 0 unspecified atom stereocenters. The van der Waals surface area contributed by atoms with Gasteiger partial charge in [-0.15, -0.1) is 0 Å². The molecule has 0 aliphatic rings. The maximum Gasteiger partial charge on any atom is 0.144 e. The number of nitrogen functional groups attached to an aromatic ring is 1. The summed E-state index contributed by atoms with van der Waals surface area (Å²) in [5.41, 5.74) is 8.24. The molecule has 0 bridgehead atoms. The third-order valence-corrected chi connectivity index (χ3v) is 3.09. The number of ether oxygens (including phenoxy) is 2. The third kappa shape index (κ3) is 3.08. The molecule has 106 valence electrons. The molecule has 4 nitrogen and oxygen atoms in total. The highest BCUT2D eigenvalue weighted by Gasteiger charge is 2.07. The molecule has 0 aromatic heterocycles. The smallest absolute Gasteiger partial charge is 0.144 e. The third-order valence-electron chi connectivity index (χ3n) is 2.80. The first-order valence-corrected chi connectivity index (χ1v) is 6.65. The van der Waals surface area contributed by atoms with Gasteiger partial charge in [0.05, 0.1) is 30.1 Å². The standard InChI is InChI=1S/C15H17ClN2O2/c1-3-20-14-6-4-5-12(15(14)17)18-10-7-8-13(19-2)11(16)9-10/h4-9,18H,3,17H2,1-2H3. The molecule has 0 spiro atoms. The summed E-state index contributed by atoms with van der Waals surface area (Å²) in [6, 6.07) is 11.1. The number of halogens is 1. The summed E-state index contributed by atoms with van der Waals surface area (Å²) in [6.45, 7) is 2.49. The molecular weight excluding hydrogens is 276 g/mol. The summed E-state index contributed by atoms with van der Waals surface area (Å²) >= 11 is 6.10. The van der Waals surface area contributed by atoms with Crippen molar-refractivity contribution in [3.63, 3.8) is 0 Å². The van der Waals surface area contributed by atoms with E-state index in [9.17, 15) is 0 Å². The molecule has 3 N–H and O–H groups in total. The van der Waals surface area contributed by atoms with Gasteiger partial charge in [0.2, 0.25) is 0 Å². The van der Waals surface area contributed by atoms with Crippen LogP contribution in [0.5, 0.6) is 11.5 Å². The van der Waals surface area contributed by atoms with E-state index in [1.165, 1.54) is 0 Å². The van der Waals surface area contributed by atoms with Gasteiger partial charge in [-0.2, -0.15) is 0 Å². The number of hydrogen-bond acceptors (Lipinski definition) is 4. The largest absolute Gasteiger partial charge is 0.495 e. The van der Waals surface area contributed by atoms with Crippen LogP contribution in [0.15, 0.2) is 36.4 Å². The van der Waals surface area contributed by atoms with Gasteiger partial charge in [0.15, 0.2) is 0 Å². The van der Waals surface area contributed by atoms with Gasteiger partial charge in [0, 0.05) is 5.69 Å². The number of para-hydroxylation sites is 1. The Morgan fingerprint density at radius 3 is 2.65 bits per heavy atom. The van der Waals surface area contributed by atoms with Gasteiger partial charge >= 0.3 is 0 Å². The Morgan fingerprint density at radius 2 is 2.00 bits per heavy atom. The monoisotopic (exact) mass is 292 g/mol. The van der Waals surface area contributed by atoms with Crippen LogP contribution in [-0.4, -0.2) is 13.7 Å². The first-order valence-electron chi connectivity index (χ1n) is 6.27. The lowest BCUT2D eigenvalue weighted by atomic mass is 10.2. The molecule has 5 heteroatoms. The highest BCUT2D eigenvalue weighted by Crippen LogP contribution is 2.33. The molecule has 2 rings (SSSR count). The van der Waals surface area contributed by atoms with Gasteiger partial charge in [-0.05, 0) is 37.3 Å². The second-order valence-electron chi connectivity index (χ2n) is 4.12. The number of hydrogen-bond donors (Lipinski definition) is 2. The number of anilines is 3. The molecule has 0 aliphatic heterocycles. The van der Waals surface area contributed by atoms with Crippen LogP contribution in [0, 0.1) is 0 Å². The maximum absolute atomic E-state index is 6.10.